The van der Waals surface area contributed by atoms with E-state index >= 15 is 0 Å². The van der Waals surface area contributed by atoms with Gasteiger partial charge in [0.15, 0.2) is 0 Å². The van der Waals surface area contributed by atoms with Gasteiger partial charge < -0.3 is 0 Å². The maximum atomic E-state index is 8.48. The number of rotatable bonds is 4. The third kappa shape index (κ3) is 8.86. The first-order chi connectivity index (χ1) is 10.7. The van der Waals surface area contributed by atoms with Gasteiger partial charge in [0.25, 0.3) is 0 Å². The van der Waals surface area contributed by atoms with E-state index in [0.717, 1.165) is 32.6 Å². The van der Waals surface area contributed by atoms with Crippen molar-refractivity contribution >= 4 is 53.5 Å². The molecular formula is C18H16NiO2Se2+2. The molecule has 0 aromatic heterocycles. The minimum atomic E-state index is 0. The molecule has 2 aromatic rings. The molecule has 0 unspecified atom stereocenters. The predicted molar refractivity (Wildman–Crippen MR) is 96.3 cm³/mol. The molecule has 0 atom stereocenters. The number of hydrogen-bond acceptors (Lipinski definition) is 0. The van der Waals surface area contributed by atoms with Gasteiger partial charge in [0.1, 0.15) is 0 Å². The standard InChI is InChI=1S/2C9H7OSe.Ni/c2*10-7-6-9(11)8-4-2-1-3-5-8;/h2*1-7H;/p+2/b2*9-6-;. The van der Waals surface area contributed by atoms with Gasteiger partial charge in [-0.3, -0.25) is 0 Å². The van der Waals surface area contributed by atoms with Crippen molar-refractivity contribution in [3.05, 3.63) is 83.9 Å². The van der Waals surface area contributed by atoms with Crippen LogP contribution in [0.4, 0.5) is 0 Å². The van der Waals surface area contributed by atoms with Crippen molar-refractivity contribution in [2.24, 2.45) is 0 Å². The molecule has 0 amide bonds. The van der Waals surface area contributed by atoms with Crippen LogP contribution in [0, 0.1) is 0 Å². The molecule has 0 heterocycles. The van der Waals surface area contributed by atoms with Crippen LogP contribution in [0.15, 0.2) is 72.8 Å². The Balaban J connectivity index is 0.000000403. The second-order valence-corrected chi connectivity index (χ2v) is 5.94. The summed E-state index contributed by atoms with van der Waals surface area (Å²) >= 11 is 5.73. The quantitative estimate of drug-likeness (QED) is 0.279. The Bertz CT molecular complexity index is 594. The molecule has 23 heavy (non-hydrogen) atoms. The summed E-state index contributed by atoms with van der Waals surface area (Å²) < 4.78 is 1.88. The summed E-state index contributed by atoms with van der Waals surface area (Å²) in [5.74, 6) is 0. The molecule has 5 heteroatoms. The Kier molecular flexibility index (Phi) is 12.6. The van der Waals surface area contributed by atoms with Crippen molar-refractivity contribution in [1.82, 2.24) is 0 Å². The van der Waals surface area contributed by atoms with Crippen molar-refractivity contribution in [2.45, 2.75) is 0 Å². The van der Waals surface area contributed by atoms with E-state index in [1.165, 1.54) is 0 Å². The fourth-order valence-electron chi connectivity index (χ4n) is 1.53. The fraction of sp³-hybridized carbons (Fsp3) is 0. The van der Waals surface area contributed by atoms with Gasteiger partial charge in [0, 0.05) is 16.5 Å². The van der Waals surface area contributed by atoms with Crippen LogP contribution < -0.4 is 0 Å². The van der Waals surface area contributed by atoms with Gasteiger partial charge in [-0.25, -0.2) is 0 Å². The molecule has 0 saturated carbocycles. The van der Waals surface area contributed by atoms with Crippen LogP contribution in [0.25, 0.3) is 8.94 Å². The van der Waals surface area contributed by atoms with E-state index in [0.29, 0.717) is 0 Å². The summed E-state index contributed by atoms with van der Waals surface area (Å²) in [4.78, 5) is 17.0. The van der Waals surface area contributed by atoms with E-state index in [1.807, 2.05) is 60.7 Å². The average Bonchev–Trinajstić information content (AvgIpc) is 2.57. The summed E-state index contributed by atoms with van der Waals surface area (Å²) in [7, 11) is 0. The first kappa shape index (κ1) is 21.8. The van der Waals surface area contributed by atoms with Crippen LogP contribution >= 0.6 is 0 Å². The van der Waals surface area contributed by atoms with Crippen LogP contribution in [-0.4, -0.2) is 54.2 Å². The number of allylic oxidation sites excluding steroid dienone is 2. The molecule has 2 rings (SSSR count). The van der Waals surface area contributed by atoms with Gasteiger partial charge in [-0.15, -0.1) is 0 Å². The zero-order chi connectivity index (χ0) is 16.2. The Morgan fingerprint density at radius 1 is 0.652 bits per heavy atom. The van der Waals surface area contributed by atoms with Crippen LogP contribution in [0.3, 0.4) is 0 Å². The first-order valence-electron chi connectivity index (χ1n) is 6.49. The number of hydrogen-bond donors (Lipinski definition) is 0. The van der Waals surface area contributed by atoms with Crippen LogP contribution in [-0.2, 0) is 16.5 Å². The summed E-state index contributed by atoms with van der Waals surface area (Å²) in [5, 5.41) is 0. The molecule has 0 aliphatic carbocycles. The molecule has 0 spiro atoms. The van der Waals surface area contributed by atoms with Gasteiger partial charge >= 0.3 is 147 Å². The number of aldehydes is 2. The topological polar surface area (TPSA) is 42.8 Å². The fourth-order valence-corrected chi connectivity index (χ4v) is 2.36. The molecule has 2 radical (unpaired) electrons. The van der Waals surface area contributed by atoms with Crippen LogP contribution in [0.2, 0.25) is 0 Å². The molecule has 2 N–H and O–H groups in total. The first-order valence-corrected chi connectivity index (χ1v) is 8.20. The minimum absolute atomic E-state index is 0. The average molecular weight is 481 g/mol. The van der Waals surface area contributed by atoms with E-state index in [9.17, 15) is 0 Å². The van der Waals surface area contributed by atoms with Gasteiger partial charge in [-0.2, -0.15) is 0 Å². The third-order valence-corrected chi connectivity index (χ3v) is 4.13. The van der Waals surface area contributed by atoms with Gasteiger partial charge in [-0.1, -0.05) is 0 Å². The van der Waals surface area contributed by atoms with E-state index in [-0.39, 0.29) is 16.5 Å². The molecule has 0 bridgehead atoms. The summed E-state index contributed by atoms with van der Waals surface area (Å²) in [6.07, 6.45) is 5.29. The SMILES string of the molecule is [Ni].[OH+]=C/C=C(\[Se])c1ccccc1.[OH+]=C/C=C(\[Se])c1ccccc1. The van der Waals surface area contributed by atoms with Crippen molar-refractivity contribution in [3.8, 4) is 0 Å². The normalized spacial score (nSPS) is 10.6. The van der Waals surface area contributed by atoms with Gasteiger partial charge in [-0.05, 0) is 0 Å². The number of benzene rings is 2. The zero-order valence-corrected chi connectivity index (χ0v) is 16.5. The predicted octanol–water partition coefficient (Wildman–Crippen LogP) is 2.74. The van der Waals surface area contributed by atoms with Gasteiger partial charge in [0.2, 0.25) is 0 Å². The molecular weight excluding hydrogens is 465 g/mol. The monoisotopic (exact) mass is 482 g/mol. The van der Waals surface area contributed by atoms with E-state index in [4.69, 9.17) is 9.59 Å². The molecule has 120 valence electrons. The zero-order valence-electron chi connectivity index (χ0n) is 12.1. The summed E-state index contributed by atoms with van der Waals surface area (Å²) in [6.45, 7) is 0. The Morgan fingerprint density at radius 2 is 0.957 bits per heavy atom. The second-order valence-electron chi connectivity index (χ2n) is 4.09. The molecule has 0 saturated heterocycles. The third-order valence-electron chi connectivity index (χ3n) is 2.57. The van der Waals surface area contributed by atoms with E-state index in [2.05, 4.69) is 32.0 Å². The Morgan fingerprint density at radius 3 is 1.22 bits per heavy atom. The molecule has 2 aromatic carbocycles. The number of carbonyl (C=O) groups excluding carboxylic acids is 2. The Labute approximate surface area is 163 Å². The molecule has 0 fully saturated rings. The van der Waals surface area contributed by atoms with E-state index in [1.54, 1.807) is 12.2 Å². The Hall–Kier alpha value is -1.21. The second kappa shape index (κ2) is 13.3. The van der Waals surface area contributed by atoms with Crippen molar-refractivity contribution in [2.75, 3.05) is 0 Å². The van der Waals surface area contributed by atoms with E-state index < -0.39 is 0 Å². The van der Waals surface area contributed by atoms with Crippen molar-refractivity contribution in [1.29, 1.82) is 0 Å². The van der Waals surface area contributed by atoms with Crippen LogP contribution in [0.1, 0.15) is 11.1 Å². The van der Waals surface area contributed by atoms with Crippen molar-refractivity contribution in [3.63, 3.8) is 0 Å². The summed E-state index contributed by atoms with van der Waals surface area (Å²) in [6, 6.07) is 19.7. The van der Waals surface area contributed by atoms with Gasteiger partial charge in [0.05, 0.1) is 0 Å². The summed E-state index contributed by atoms with van der Waals surface area (Å²) in [5.41, 5.74) is 2.16. The van der Waals surface area contributed by atoms with Crippen molar-refractivity contribution < 1.29 is 26.1 Å². The molecule has 0 aliphatic rings. The maximum absolute atomic E-state index is 8.48. The molecule has 2 nitrogen and oxygen atoms in total. The molecule has 0 aliphatic heterocycles. The van der Waals surface area contributed by atoms with Crippen LogP contribution in [0.5, 0.6) is 0 Å².